The highest BCUT2D eigenvalue weighted by atomic mass is 35.5. The summed E-state index contributed by atoms with van der Waals surface area (Å²) in [6.07, 6.45) is 3.79. The molecule has 3 heterocycles. The Balaban J connectivity index is 1.47. The van der Waals surface area contributed by atoms with Crippen LogP contribution in [0.2, 0.25) is 5.02 Å². The lowest BCUT2D eigenvalue weighted by atomic mass is 10.1. The third kappa shape index (κ3) is 3.76. The van der Waals surface area contributed by atoms with E-state index in [0.717, 1.165) is 16.7 Å². The summed E-state index contributed by atoms with van der Waals surface area (Å²) in [5.41, 5.74) is 3.42. The van der Waals surface area contributed by atoms with Crippen molar-refractivity contribution in [2.75, 3.05) is 14.2 Å². The molecule has 0 atom stereocenters. The van der Waals surface area contributed by atoms with E-state index in [1.165, 1.54) is 15.4 Å². The van der Waals surface area contributed by atoms with E-state index in [0.29, 0.717) is 40.8 Å². The Kier molecular flexibility index (Phi) is 5.39. The van der Waals surface area contributed by atoms with Gasteiger partial charge in [-0.3, -0.25) is 9.36 Å². The van der Waals surface area contributed by atoms with E-state index < -0.39 is 0 Å². The highest BCUT2D eigenvalue weighted by molar-refractivity contribution is 6.30. The first-order chi connectivity index (χ1) is 16.1. The van der Waals surface area contributed by atoms with Crippen molar-refractivity contribution in [1.82, 2.24) is 29.4 Å². The molecule has 33 heavy (non-hydrogen) atoms. The molecule has 5 rings (SSSR count). The molecular formula is C23H19ClN6O3. The monoisotopic (exact) mass is 462 g/mol. The number of halogens is 1. The van der Waals surface area contributed by atoms with Crippen LogP contribution in [0.4, 0.5) is 0 Å². The SMILES string of the molecule is COc1ccc(CCn2cnc3c(nnc4c(-c5ccc(Cl)cc5)cnn43)c2=O)cc1OC. The van der Waals surface area contributed by atoms with Gasteiger partial charge in [0.2, 0.25) is 0 Å². The summed E-state index contributed by atoms with van der Waals surface area (Å²) >= 11 is 5.99. The Hall–Kier alpha value is -3.98. The minimum Gasteiger partial charge on any atom is -0.493 e. The first-order valence-electron chi connectivity index (χ1n) is 10.2. The fourth-order valence-corrected chi connectivity index (χ4v) is 3.81. The van der Waals surface area contributed by atoms with Gasteiger partial charge < -0.3 is 9.47 Å². The van der Waals surface area contributed by atoms with Gasteiger partial charge in [0.1, 0.15) is 6.33 Å². The first-order valence-corrected chi connectivity index (χ1v) is 10.5. The molecule has 0 bridgehead atoms. The normalized spacial score (nSPS) is 11.2. The number of nitrogens with zero attached hydrogens (tertiary/aromatic N) is 6. The molecule has 0 amide bonds. The topological polar surface area (TPSA) is 96.4 Å². The molecule has 0 aliphatic rings. The lowest BCUT2D eigenvalue weighted by molar-refractivity contribution is 0.354. The zero-order valence-corrected chi connectivity index (χ0v) is 18.7. The molecule has 5 aromatic rings. The van der Waals surface area contributed by atoms with Crippen LogP contribution in [-0.2, 0) is 13.0 Å². The van der Waals surface area contributed by atoms with Gasteiger partial charge in [-0.2, -0.15) is 9.61 Å². The van der Waals surface area contributed by atoms with Crippen LogP contribution in [-0.4, -0.2) is 43.6 Å². The highest BCUT2D eigenvalue weighted by Crippen LogP contribution is 2.28. The number of ether oxygens (including phenoxy) is 2. The number of aryl methyl sites for hydroxylation is 2. The summed E-state index contributed by atoms with van der Waals surface area (Å²) in [4.78, 5) is 17.5. The van der Waals surface area contributed by atoms with Gasteiger partial charge in [0, 0.05) is 17.1 Å². The van der Waals surface area contributed by atoms with Crippen LogP contribution in [0, 0.1) is 0 Å². The Bertz CT molecular complexity index is 1530. The minimum atomic E-state index is -0.279. The third-order valence-corrected chi connectivity index (χ3v) is 5.68. The number of benzene rings is 2. The maximum Gasteiger partial charge on any atom is 0.283 e. The second kappa shape index (κ2) is 8.51. The maximum atomic E-state index is 13.1. The smallest absolute Gasteiger partial charge is 0.283 e. The molecule has 0 spiro atoms. The molecule has 9 nitrogen and oxygen atoms in total. The van der Waals surface area contributed by atoms with Gasteiger partial charge in [-0.15, -0.1) is 10.2 Å². The number of methoxy groups -OCH3 is 2. The zero-order chi connectivity index (χ0) is 22.9. The second-order valence-electron chi connectivity index (χ2n) is 7.36. The van der Waals surface area contributed by atoms with Crippen LogP contribution >= 0.6 is 11.6 Å². The third-order valence-electron chi connectivity index (χ3n) is 5.43. The van der Waals surface area contributed by atoms with E-state index >= 15 is 0 Å². The molecular weight excluding hydrogens is 444 g/mol. The number of fused-ring (bicyclic) bond motifs is 3. The maximum absolute atomic E-state index is 13.1. The first kappa shape index (κ1) is 20.9. The average molecular weight is 463 g/mol. The van der Waals surface area contributed by atoms with Crippen LogP contribution in [0.1, 0.15) is 5.56 Å². The summed E-state index contributed by atoms with van der Waals surface area (Å²) in [6.45, 7) is 0.423. The van der Waals surface area contributed by atoms with Crippen LogP contribution < -0.4 is 15.0 Å². The van der Waals surface area contributed by atoms with Crippen molar-refractivity contribution in [2.45, 2.75) is 13.0 Å². The van der Waals surface area contributed by atoms with Crippen LogP contribution in [0.5, 0.6) is 11.5 Å². The van der Waals surface area contributed by atoms with E-state index in [-0.39, 0.29) is 11.1 Å². The largest absolute Gasteiger partial charge is 0.493 e. The quantitative estimate of drug-likeness (QED) is 0.381. The summed E-state index contributed by atoms with van der Waals surface area (Å²) in [6, 6.07) is 13.0. The van der Waals surface area contributed by atoms with Crippen LogP contribution in [0.15, 0.2) is 59.8 Å². The van der Waals surface area contributed by atoms with Gasteiger partial charge in [0.15, 0.2) is 28.3 Å². The summed E-state index contributed by atoms with van der Waals surface area (Å²) in [5.74, 6) is 1.30. The van der Waals surface area contributed by atoms with Gasteiger partial charge in [-0.1, -0.05) is 29.8 Å². The van der Waals surface area contributed by atoms with Crippen LogP contribution in [0.25, 0.3) is 27.9 Å². The predicted molar refractivity (Wildman–Crippen MR) is 124 cm³/mol. The molecule has 0 fully saturated rings. The Labute approximate surface area is 193 Å². The summed E-state index contributed by atoms with van der Waals surface area (Å²) < 4.78 is 13.7. The van der Waals surface area contributed by atoms with Gasteiger partial charge in [-0.05, 0) is 41.8 Å². The molecule has 0 N–H and O–H groups in total. The van der Waals surface area contributed by atoms with Crippen molar-refractivity contribution in [1.29, 1.82) is 0 Å². The fraction of sp³-hybridized carbons (Fsp3) is 0.174. The Morgan fingerprint density at radius 1 is 0.970 bits per heavy atom. The molecule has 0 radical (unpaired) electrons. The van der Waals surface area contributed by atoms with Crippen molar-refractivity contribution < 1.29 is 9.47 Å². The molecule has 10 heteroatoms. The average Bonchev–Trinajstić information content (AvgIpc) is 3.28. The minimum absolute atomic E-state index is 0.156. The van der Waals surface area contributed by atoms with Crippen molar-refractivity contribution in [3.05, 3.63) is 75.9 Å². The van der Waals surface area contributed by atoms with Crippen molar-refractivity contribution in [3.8, 4) is 22.6 Å². The molecule has 0 aliphatic carbocycles. The number of rotatable bonds is 6. The summed E-state index contributed by atoms with van der Waals surface area (Å²) in [7, 11) is 3.18. The standard InChI is InChI=1S/C23H19ClN6O3/c1-32-18-8-3-14(11-19(18)33-2)9-10-29-13-25-22-20(23(29)31)27-28-21-17(12-26-30(21)22)15-4-6-16(24)7-5-15/h3-8,11-13H,9-10H2,1-2H3. The predicted octanol–water partition coefficient (Wildman–Crippen LogP) is 3.41. The van der Waals surface area contributed by atoms with Crippen LogP contribution in [0.3, 0.4) is 0 Å². The molecule has 2 aromatic carbocycles. The molecule has 0 unspecified atom stereocenters. The van der Waals surface area contributed by atoms with Crippen molar-refractivity contribution >= 4 is 28.4 Å². The van der Waals surface area contributed by atoms with Gasteiger partial charge in [-0.25, -0.2) is 4.98 Å². The van der Waals surface area contributed by atoms with E-state index in [1.807, 2.05) is 30.3 Å². The van der Waals surface area contributed by atoms with E-state index in [1.54, 1.807) is 32.5 Å². The zero-order valence-electron chi connectivity index (χ0n) is 17.9. The van der Waals surface area contributed by atoms with E-state index in [9.17, 15) is 4.79 Å². The number of aromatic nitrogens is 6. The Morgan fingerprint density at radius 3 is 2.52 bits per heavy atom. The van der Waals surface area contributed by atoms with Gasteiger partial charge in [0.25, 0.3) is 5.56 Å². The lowest BCUT2D eigenvalue weighted by Gasteiger charge is -2.10. The van der Waals surface area contributed by atoms with Crippen molar-refractivity contribution in [2.24, 2.45) is 0 Å². The second-order valence-corrected chi connectivity index (χ2v) is 7.79. The molecule has 0 aliphatic heterocycles. The fourth-order valence-electron chi connectivity index (χ4n) is 3.68. The van der Waals surface area contributed by atoms with E-state index in [2.05, 4.69) is 20.3 Å². The summed E-state index contributed by atoms with van der Waals surface area (Å²) in [5, 5.41) is 13.5. The molecule has 166 valence electrons. The number of hydrogen-bond donors (Lipinski definition) is 0. The Morgan fingerprint density at radius 2 is 1.76 bits per heavy atom. The van der Waals surface area contributed by atoms with Gasteiger partial charge >= 0.3 is 0 Å². The molecule has 0 saturated heterocycles. The highest BCUT2D eigenvalue weighted by Gasteiger charge is 2.15. The molecule has 3 aromatic heterocycles. The van der Waals surface area contributed by atoms with E-state index in [4.69, 9.17) is 21.1 Å². The molecule has 0 saturated carbocycles. The van der Waals surface area contributed by atoms with Gasteiger partial charge in [0.05, 0.1) is 20.4 Å². The van der Waals surface area contributed by atoms with Crippen molar-refractivity contribution in [3.63, 3.8) is 0 Å². The number of hydrogen-bond acceptors (Lipinski definition) is 7. The lowest BCUT2D eigenvalue weighted by Crippen LogP contribution is -2.23.